The van der Waals surface area contributed by atoms with Gasteiger partial charge in [-0.3, -0.25) is 9.59 Å². The van der Waals surface area contributed by atoms with Gasteiger partial charge in [0, 0.05) is 25.4 Å². The summed E-state index contributed by atoms with van der Waals surface area (Å²) in [5, 5.41) is 2.88. The Balaban J connectivity index is 1.39. The first-order valence-electron chi connectivity index (χ1n) is 9.88. The highest BCUT2D eigenvalue weighted by molar-refractivity contribution is 6.09. The molecule has 1 saturated heterocycles. The highest BCUT2D eigenvalue weighted by Crippen LogP contribution is 2.25. The molecule has 0 saturated carbocycles. The predicted octanol–water partition coefficient (Wildman–Crippen LogP) is 3.63. The molecule has 2 amide bonds. The average molecular weight is 380 g/mol. The van der Waals surface area contributed by atoms with E-state index in [2.05, 4.69) is 5.32 Å². The van der Waals surface area contributed by atoms with E-state index in [4.69, 9.17) is 4.74 Å². The number of rotatable bonds is 8. The van der Waals surface area contributed by atoms with Gasteiger partial charge in [0.15, 0.2) is 0 Å². The molecule has 0 bridgehead atoms. The summed E-state index contributed by atoms with van der Waals surface area (Å²) < 4.78 is 5.81. The van der Waals surface area contributed by atoms with Crippen molar-refractivity contribution >= 4 is 17.5 Å². The van der Waals surface area contributed by atoms with Crippen LogP contribution in [0.2, 0.25) is 0 Å². The van der Waals surface area contributed by atoms with E-state index in [1.165, 1.54) is 0 Å². The van der Waals surface area contributed by atoms with Crippen LogP contribution in [0.15, 0.2) is 54.6 Å². The molecule has 2 aromatic rings. The average Bonchev–Trinajstić information content (AvgIpc) is 3.10. The lowest BCUT2D eigenvalue weighted by Crippen LogP contribution is -2.37. The van der Waals surface area contributed by atoms with Crippen LogP contribution in [0, 0.1) is 12.8 Å². The second-order valence-electron chi connectivity index (χ2n) is 7.23. The number of anilines is 1. The molecule has 2 atom stereocenters. The largest absolute Gasteiger partial charge is 0.374 e. The summed E-state index contributed by atoms with van der Waals surface area (Å²) in [7, 11) is 0. The molecule has 3 rings (SSSR count). The summed E-state index contributed by atoms with van der Waals surface area (Å²) >= 11 is 0. The van der Waals surface area contributed by atoms with Crippen molar-refractivity contribution in [3.8, 4) is 0 Å². The molecular formula is C23H28N2O3. The zero-order valence-electron chi connectivity index (χ0n) is 16.6. The lowest BCUT2D eigenvalue weighted by atomic mass is 10.1. The molecule has 1 N–H and O–H groups in total. The Morgan fingerprint density at radius 1 is 1.18 bits per heavy atom. The van der Waals surface area contributed by atoms with Gasteiger partial charge in [-0.15, -0.1) is 0 Å². The van der Waals surface area contributed by atoms with Crippen LogP contribution in [0.1, 0.15) is 37.0 Å². The third-order valence-electron chi connectivity index (χ3n) is 5.12. The Morgan fingerprint density at radius 2 is 1.89 bits per heavy atom. The summed E-state index contributed by atoms with van der Waals surface area (Å²) in [6.45, 7) is 5.68. The topological polar surface area (TPSA) is 58.6 Å². The SMILES string of the molecule is Cc1ccc(N2CCC(C(=O)NCCCOC(C)c3ccccc3)C2=O)cc1. The van der Waals surface area contributed by atoms with Crippen LogP contribution in [-0.2, 0) is 14.3 Å². The van der Waals surface area contributed by atoms with E-state index < -0.39 is 5.92 Å². The fourth-order valence-electron chi connectivity index (χ4n) is 3.39. The monoisotopic (exact) mass is 380 g/mol. The number of benzene rings is 2. The molecule has 0 aromatic heterocycles. The summed E-state index contributed by atoms with van der Waals surface area (Å²) in [5.41, 5.74) is 3.14. The van der Waals surface area contributed by atoms with E-state index in [-0.39, 0.29) is 17.9 Å². The van der Waals surface area contributed by atoms with Gasteiger partial charge in [0.1, 0.15) is 5.92 Å². The molecule has 2 aromatic carbocycles. The van der Waals surface area contributed by atoms with E-state index >= 15 is 0 Å². The number of aryl methyl sites for hydroxylation is 1. The van der Waals surface area contributed by atoms with Crippen molar-refractivity contribution in [2.75, 3.05) is 24.6 Å². The van der Waals surface area contributed by atoms with Crippen molar-refractivity contribution in [1.29, 1.82) is 0 Å². The van der Waals surface area contributed by atoms with Gasteiger partial charge in [-0.2, -0.15) is 0 Å². The van der Waals surface area contributed by atoms with Gasteiger partial charge in [-0.1, -0.05) is 48.0 Å². The van der Waals surface area contributed by atoms with Crippen LogP contribution in [0.5, 0.6) is 0 Å². The zero-order chi connectivity index (χ0) is 19.9. The molecule has 1 fully saturated rings. The number of nitrogens with zero attached hydrogens (tertiary/aromatic N) is 1. The van der Waals surface area contributed by atoms with E-state index in [0.29, 0.717) is 32.5 Å². The molecule has 28 heavy (non-hydrogen) atoms. The Kier molecular flexibility index (Phi) is 6.82. The molecule has 5 heteroatoms. The van der Waals surface area contributed by atoms with Crippen LogP contribution in [0.4, 0.5) is 5.69 Å². The van der Waals surface area contributed by atoms with Crippen LogP contribution < -0.4 is 10.2 Å². The Hall–Kier alpha value is -2.66. The molecule has 2 unspecified atom stereocenters. The first-order valence-corrected chi connectivity index (χ1v) is 9.88. The van der Waals surface area contributed by atoms with Crippen LogP contribution >= 0.6 is 0 Å². The molecule has 1 aliphatic heterocycles. The van der Waals surface area contributed by atoms with Crippen LogP contribution in [0.3, 0.4) is 0 Å². The van der Waals surface area contributed by atoms with Crippen molar-refractivity contribution in [2.24, 2.45) is 5.92 Å². The van der Waals surface area contributed by atoms with Gasteiger partial charge < -0.3 is 15.0 Å². The molecule has 5 nitrogen and oxygen atoms in total. The normalized spacial score (nSPS) is 17.6. The zero-order valence-corrected chi connectivity index (χ0v) is 16.6. The minimum Gasteiger partial charge on any atom is -0.374 e. The molecule has 148 valence electrons. The lowest BCUT2D eigenvalue weighted by Gasteiger charge is -2.17. The van der Waals surface area contributed by atoms with Crippen molar-refractivity contribution < 1.29 is 14.3 Å². The predicted molar refractivity (Wildman–Crippen MR) is 110 cm³/mol. The number of carbonyl (C=O) groups excluding carboxylic acids is 2. The summed E-state index contributed by atoms with van der Waals surface area (Å²) in [4.78, 5) is 26.7. The first kappa shape index (κ1) is 20.1. The number of carbonyl (C=O) groups is 2. The van der Waals surface area contributed by atoms with Crippen molar-refractivity contribution in [3.63, 3.8) is 0 Å². The van der Waals surface area contributed by atoms with Gasteiger partial charge in [-0.05, 0) is 44.4 Å². The second kappa shape index (κ2) is 9.51. The summed E-state index contributed by atoms with van der Waals surface area (Å²) in [5.74, 6) is -0.892. The summed E-state index contributed by atoms with van der Waals surface area (Å²) in [6, 6.07) is 17.9. The lowest BCUT2D eigenvalue weighted by molar-refractivity contribution is -0.132. The van der Waals surface area contributed by atoms with Gasteiger partial charge in [-0.25, -0.2) is 0 Å². The maximum absolute atomic E-state index is 12.6. The van der Waals surface area contributed by atoms with Crippen LogP contribution in [-0.4, -0.2) is 31.5 Å². The fourth-order valence-corrected chi connectivity index (χ4v) is 3.39. The highest BCUT2D eigenvalue weighted by atomic mass is 16.5. The molecular weight excluding hydrogens is 352 g/mol. The van der Waals surface area contributed by atoms with E-state index in [9.17, 15) is 9.59 Å². The molecule has 0 aliphatic carbocycles. The van der Waals surface area contributed by atoms with E-state index in [0.717, 1.165) is 16.8 Å². The summed E-state index contributed by atoms with van der Waals surface area (Å²) in [6.07, 6.45) is 1.29. The Morgan fingerprint density at radius 3 is 2.61 bits per heavy atom. The van der Waals surface area contributed by atoms with Gasteiger partial charge >= 0.3 is 0 Å². The van der Waals surface area contributed by atoms with E-state index in [1.54, 1.807) is 4.90 Å². The third-order valence-corrected chi connectivity index (χ3v) is 5.12. The fraction of sp³-hybridized carbons (Fsp3) is 0.391. The molecule has 0 radical (unpaired) electrons. The standard InChI is InChI=1S/C23H28N2O3/c1-17-9-11-20(12-10-17)25-15-13-21(23(25)27)22(26)24-14-6-16-28-18(2)19-7-4-3-5-8-19/h3-5,7-12,18,21H,6,13-16H2,1-2H3,(H,24,26). The second-order valence-corrected chi connectivity index (χ2v) is 7.23. The Labute approximate surface area is 166 Å². The smallest absolute Gasteiger partial charge is 0.239 e. The molecule has 0 spiro atoms. The molecule has 1 aliphatic rings. The van der Waals surface area contributed by atoms with Crippen molar-refractivity contribution in [3.05, 3.63) is 65.7 Å². The van der Waals surface area contributed by atoms with Crippen LogP contribution in [0.25, 0.3) is 0 Å². The van der Waals surface area contributed by atoms with Gasteiger partial charge in [0.25, 0.3) is 0 Å². The van der Waals surface area contributed by atoms with Gasteiger partial charge in [0.05, 0.1) is 6.10 Å². The van der Waals surface area contributed by atoms with Gasteiger partial charge in [0.2, 0.25) is 11.8 Å². The highest BCUT2D eigenvalue weighted by Gasteiger charge is 2.37. The quantitative estimate of drug-likeness (QED) is 0.562. The third kappa shape index (κ3) is 4.98. The number of ether oxygens (including phenoxy) is 1. The number of hydrogen-bond acceptors (Lipinski definition) is 3. The molecule has 1 heterocycles. The van der Waals surface area contributed by atoms with E-state index in [1.807, 2.05) is 68.4 Å². The number of nitrogens with one attached hydrogen (secondary N) is 1. The maximum Gasteiger partial charge on any atom is 0.239 e. The number of amides is 2. The van der Waals surface area contributed by atoms with Crippen molar-refractivity contribution in [2.45, 2.75) is 32.8 Å². The number of hydrogen-bond donors (Lipinski definition) is 1. The minimum atomic E-state index is -0.592. The maximum atomic E-state index is 12.6. The first-order chi connectivity index (χ1) is 13.6. The van der Waals surface area contributed by atoms with Crippen molar-refractivity contribution in [1.82, 2.24) is 5.32 Å². The minimum absolute atomic E-state index is 0.0244. The Bertz CT molecular complexity index is 789.